The van der Waals surface area contributed by atoms with E-state index in [0.717, 1.165) is 10.4 Å². The minimum atomic E-state index is -0.223. The van der Waals surface area contributed by atoms with Crippen LogP contribution in [-0.2, 0) is 4.79 Å². The number of hydrogen-bond donors (Lipinski definition) is 1. The van der Waals surface area contributed by atoms with Gasteiger partial charge in [0.2, 0.25) is 5.91 Å². The van der Waals surface area contributed by atoms with Crippen LogP contribution in [0, 0.1) is 11.8 Å². The quantitative estimate of drug-likeness (QED) is 0.379. The van der Waals surface area contributed by atoms with Gasteiger partial charge in [-0.15, -0.1) is 0 Å². The molecule has 1 aromatic heterocycles. The number of amides is 1. The number of thiazole rings is 1. The second kappa shape index (κ2) is 10.1. The van der Waals surface area contributed by atoms with E-state index in [9.17, 15) is 4.79 Å². The molecule has 0 spiro atoms. The number of rotatable bonds is 6. The Kier molecular flexibility index (Phi) is 6.98. The molecule has 3 rings (SSSR count). The van der Waals surface area contributed by atoms with E-state index in [1.54, 1.807) is 12.4 Å². The molecule has 1 atom stereocenters. The minimum absolute atomic E-state index is 0.111. The third-order valence-electron chi connectivity index (χ3n) is 3.50. The third kappa shape index (κ3) is 6.79. The first-order valence-electron chi connectivity index (χ1n) is 8.86. The van der Waals surface area contributed by atoms with Crippen molar-refractivity contribution in [2.75, 3.05) is 0 Å². The standard InChI is InChI=1S/C22H19N3O3S/c1-16(25-17(2)26)8-13-21-15-23-22(29-21)27-19-11-9-18(10-12-19)14-24-28-20-6-4-3-5-7-20/h3-7,9-12,14-16H,1-2H3,(H,25,26). The highest BCUT2D eigenvalue weighted by molar-refractivity contribution is 7.13. The van der Waals surface area contributed by atoms with Crippen LogP contribution in [-0.4, -0.2) is 23.1 Å². The van der Waals surface area contributed by atoms with Crippen molar-refractivity contribution in [3.05, 3.63) is 71.2 Å². The maximum absolute atomic E-state index is 11.0. The van der Waals surface area contributed by atoms with Gasteiger partial charge in [0.15, 0.2) is 5.75 Å². The Labute approximate surface area is 173 Å². The van der Waals surface area contributed by atoms with E-state index in [2.05, 4.69) is 27.3 Å². The normalized spacial score (nSPS) is 11.4. The number of ether oxygens (including phenoxy) is 1. The van der Waals surface area contributed by atoms with Crippen LogP contribution >= 0.6 is 11.3 Å². The van der Waals surface area contributed by atoms with Crippen molar-refractivity contribution < 1.29 is 14.4 Å². The third-order valence-corrected chi connectivity index (χ3v) is 4.30. The van der Waals surface area contributed by atoms with Crippen LogP contribution in [0.25, 0.3) is 0 Å². The highest BCUT2D eigenvalue weighted by Crippen LogP contribution is 2.26. The Bertz CT molecular complexity index is 1030. The van der Waals surface area contributed by atoms with Crippen LogP contribution in [0.1, 0.15) is 24.3 Å². The molecule has 146 valence electrons. The van der Waals surface area contributed by atoms with E-state index in [1.807, 2.05) is 61.5 Å². The highest BCUT2D eigenvalue weighted by Gasteiger charge is 2.04. The minimum Gasteiger partial charge on any atom is -0.431 e. The molecular weight excluding hydrogens is 386 g/mol. The molecule has 1 unspecified atom stereocenters. The molecule has 29 heavy (non-hydrogen) atoms. The second-order valence-corrected chi connectivity index (χ2v) is 6.99. The summed E-state index contributed by atoms with van der Waals surface area (Å²) in [6.45, 7) is 3.28. The van der Waals surface area contributed by atoms with Crippen LogP contribution in [0.3, 0.4) is 0 Å². The first kappa shape index (κ1) is 20.1. The zero-order chi connectivity index (χ0) is 20.5. The average Bonchev–Trinajstić information content (AvgIpc) is 3.15. The molecule has 1 amide bonds. The van der Waals surface area contributed by atoms with E-state index in [4.69, 9.17) is 9.57 Å². The molecule has 1 heterocycles. The van der Waals surface area contributed by atoms with Crippen LogP contribution < -0.4 is 14.9 Å². The molecular formula is C22H19N3O3S. The summed E-state index contributed by atoms with van der Waals surface area (Å²) in [6.07, 6.45) is 3.28. The van der Waals surface area contributed by atoms with E-state index in [-0.39, 0.29) is 11.9 Å². The number of nitrogens with zero attached hydrogens (tertiary/aromatic N) is 2. The van der Waals surface area contributed by atoms with E-state index < -0.39 is 0 Å². The van der Waals surface area contributed by atoms with Crippen molar-refractivity contribution in [3.63, 3.8) is 0 Å². The number of carbonyl (C=O) groups excluding carboxylic acids is 1. The fourth-order valence-electron chi connectivity index (χ4n) is 2.24. The van der Waals surface area contributed by atoms with Crippen molar-refractivity contribution in [3.8, 4) is 28.5 Å². The lowest BCUT2D eigenvalue weighted by molar-refractivity contribution is -0.119. The fraction of sp³-hybridized carbons (Fsp3) is 0.136. The zero-order valence-corrected chi connectivity index (χ0v) is 16.8. The topological polar surface area (TPSA) is 72.8 Å². The highest BCUT2D eigenvalue weighted by atomic mass is 32.1. The van der Waals surface area contributed by atoms with Crippen LogP contribution in [0.4, 0.5) is 0 Å². The predicted octanol–water partition coefficient (Wildman–Crippen LogP) is 4.22. The number of aromatic nitrogens is 1. The Morgan fingerprint density at radius 2 is 1.93 bits per heavy atom. The van der Waals surface area contributed by atoms with Gasteiger partial charge in [0.05, 0.1) is 18.5 Å². The van der Waals surface area contributed by atoms with Gasteiger partial charge in [-0.2, -0.15) is 0 Å². The molecule has 7 heteroatoms. The number of oxime groups is 1. The summed E-state index contributed by atoms with van der Waals surface area (Å²) < 4.78 is 5.75. The molecule has 0 saturated carbocycles. The van der Waals surface area contributed by atoms with Gasteiger partial charge < -0.3 is 14.9 Å². The van der Waals surface area contributed by atoms with Crippen molar-refractivity contribution in [2.45, 2.75) is 19.9 Å². The lowest BCUT2D eigenvalue weighted by atomic mass is 10.2. The second-order valence-electron chi connectivity index (χ2n) is 5.99. The maximum Gasteiger partial charge on any atom is 0.279 e. The molecule has 0 saturated heterocycles. The molecule has 3 aromatic rings. The molecule has 0 fully saturated rings. The van der Waals surface area contributed by atoms with Gasteiger partial charge in [0.25, 0.3) is 5.19 Å². The summed E-state index contributed by atoms with van der Waals surface area (Å²) in [7, 11) is 0. The van der Waals surface area contributed by atoms with Gasteiger partial charge >= 0.3 is 0 Å². The maximum atomic E-state index is 11.0. The van der Waals surface area contributed by atoms with Crippen LogP contribution in [0.15, 0.2) is 65.9 Å². The van der Waals surface area contributed by atoms with Crippen molar-refractivity contribution in [1.29, 1.82) is 0 Å². The summed E-state index contributed by atoms with van der Waals surface area (Å²) in [6, 6.07) is 16.5. The summed E-state index contributed by atoms with van der Waals surface area (Å²) in [5.41, 5.74) is 0.880. The van der Waals surface area contributed by atoms with Crippen LogP contribution in [0.2, 0.25) is 0 Å². The number of para-hydroxylation sites is 1. The van der Waals surface area contributed by atoms with Gasteiger partial charge in [-0.25, -0.2) is 4.98 Å². The SMILES string of the molecule is CC(=O)NC(C)C#Cc1cnc(Oc2ccc(C=NOc3ccccc3)cc2)s1. The number of carbonyl (C=O) groups is 1. The zero-order valence-electron chi connectivity index (χ0n) is 16.0. The summed E-state index contributed by atoms with van der Waals surface area (Å²) in [5, 5.41) is 7.17. The van der Waals surface area contributed by atoms with E-state index in [0.29, 0.717) is 16.7 Å². The van der Waals surface area contributed by atoms with Crippen molar-refractivity contribution >= 4 is 23.5 Å². The lowest BCUT2D eigenvalue weighted by Crippen LogP contribution is -2.28. The fourth-order valence-corrected chi connectivity index (χ4v) is 2.88. The van der Waals surface area contributed by atoms with Crippen molar-refractivity contribution in [2.24, 2.45) is 5.16 Å². The average molecular weight is 405 g/mol. The Morgan fingerprint density at radius 1 is 1.17 bits per heavy atom. The molecule has 2 aromatic carbocycles. The van der Waals surface area contributed by atoms with Crippen LogP contribution in [0.5, 0.6) is 16.7 Å². The van der Waals surface area contributed by atoms with Gasteiger partial charge in [-0.1, -0.05) is 46.5 Å². The van der Waals surface area contributed by atoms with Gasteiger partial charge in [0, 0.05) is 6.92 Å². The monoisotopic (exact) mass is 405 g/mol. The molecule has 6 nitrogen and oxygen atoms in total. The first-order valence-corrected chi connectivity index (χ1v) is 9.68. The Morgan fingerprint density at radius 3 is 2.66 bits per heavy atom. The largest absolute Gasteiger partial charge is 0.431 e. The molecule has 0 radical (unpaired) electrons. The van der Waals surface area contributed by atoms with E-state index >= 15 is 0 Å². The predicted molar refractivity (Wildman–Crippen MR) is 113 cm³/mol. The summed E-state index contributed by atoms with van der Waals surface area (Å²) >= 11 is 1.34. The molecule has 0 aliphatic rings. The first-order chi connectivity index (χ1) is 14.1. The molecule has 0 aliphatic carbocycles. The number of nitrogens with one attached hydrogen (secondary N) is 1. The number of hydrogen-bond acceptors (Lipinski definition) is 6. The lowest BCUT2D eigenvalue weighted by Gasteiger charge is -2.02. The van der Waals surface area contributed by atoms with Gasteiger partial charge in [-0.3, -0.25) is 4.79 Å². The smallest absolute Gasteiger partial charge is 0.279 e. The molecule has 0 bridgehead atoms. The Hall–Kier alpha value is -3.63. The summed E-state index contributed by atoms with van der Waals surface area (Å²) in [4.78, 5) is 21.3. The number of benzene rings is 2. The Balaban J connectivity index is 1.54. The van der Waals surface area contributed by atoms with Gasteiger partial charge in [0.1, 0.15) is 10.6 Å². The van der Waals surface area contributed by atoms with E-state index in [1.165, 1.54) is 18.3 Å². The van der Waals surface area contributed by atoms with Crippen molar-refractivity contribution in [1.82, 2.24) is 10.3 Å². The molecule has 1 N–H and O–H groups in total. The van der Waals surface area contributed by atoms with Gasteiger partial charge in [-0.05, 0) is 48.9 Å². The summed E-state index contributed by atoms with van der Waals surface area (Å²) in [5.74, 6) is 7.16. The molecule has 0 aliphatic heterocycles.